The average molecular weight is 669 g/mol. The minimum absolute atomic E-state index is 0.00554. The van der Waals surface area contributed by atoms with Crippen LogP contribution in [0.3, 0.4) is 0 Å². The summed E-state index contributed by atoms with van der Waals surface area (Å²) in [6, 6.07) is 0. The van der Waals surface area contributed by atoms with Crippen LogP contribution in [-0.4, -0.2) is 126 Å². The van der Waals surface area contributed by atoms with Gasteiger partial charge in [0.2, 0.25) is 0 Å². The van der Waals surface area contributed by atoms with Crippen LogP contribution < -0.4 is 5.73 Å². The van der Waals surface area contributed by atoms with Crippen molar-refractivity contribution in [2.75, 3.05) is 18.9 Å². The fraction of sp³-hybridized carbons (Fsp3) is 0.688. The van der Waals surface area contributed by atoms with Crippen molar-refractivity contribution in [2.45, 2.75) is 55.2 Å². The van der Waals surface area contributed by atoms with Crippen molar-refractivity contribution in [1.82, 2.24) is 19.5 Å². The number of fused-ring (bicyclic) bond motifs is 1. The van der Waals surface area contributed by atoms with Crippen LogP contribution in [0.1, 0.15) is 6.23 Å². The number of phosphoric acid groups is 3. The molecule has 42 heavy (non-hydrogen) atoms. The summed E-state index contributed by atoms with van der Waals surface area (Å²) in [4.78, 5) is 68.1. The molecule has 2 saturated heterocycles. The lowest BCUT2D eigenvalue weighted by Gasteiger charge is -2.44. The summed E-state index contributed by atoms with van der Waals surface area (Å²) < 4.78 is 66.6. The van der Waals surface area contributed by atoms with E-state index in [4.69, 9.17) is 24.5 Å². The lowest BCUT2D eigenvalue weighted by Crippen LogP contribution is -2.61. The topological polar surface area (TPSA) is 358 Å². The van der Waals surface area contributed by atoms with E-state index in [9.17, 15) is 58.4 Å². The van der Waals surface area contributed by atoms with E-state index in [1.54, 1.807) is 0 Å². The normalized spacial score (nSPS) is 32.9. The van der Waals surface area contributed by atoms with Gasteiger partial charge in [0, 0.05) is 0 Å². The molecule has 0 bridgehead atoms. The molecule has 0 amide bonds. The number of imidazole rings is 1. The van der Waals surface area contributed by atoms with Crippen molar-refractivity contribution in [3.63, 3.8) is 0 Å². The summed E-state index contributed by atoms with van der Waals surface area (Å²) in [7, 11) is -16.3. The van der Waals surface area contributed by atoms with Crippen LogP contribution in [-0.2, 0) is 41.5 Å². The summed E-state index contributed by atoms with van der Waals surface area (Å²) in [5, 5.41) is 30.6. The van der Waals surface area contributed by atoms with E-state index in [1.165, 1.54) is 0 Å². The predicted molar refractivity (Wildman–Crippen MR) is 128 cm³/mol. The first kappa shape index (κ1) is 33.3. The molecule has 2 aliphatic heterocycles. The van der Waals surface area contributed by atoms with Crippen LogP contribution in [0.15, 0.2) is 12.7 Å². The molecule has 4 rings (SSSR count). The Bertz CT molecular complexity index is 1400. The van der Waals surface area contributed by atoms with E-state index in [0.717, 1.165) is 17.2 Å². The number of aliphatic hydroxyl groups excluding tert-OH is 3. The van der Waals surface area contributed by atoms with Crippen LogP contribution in [0.25, 0.3) is 11.2 Å². The summed E-state index contributed by atoms with van der Waals surface area (Å²) in [5.74, 6) is -0.0624. The Balaban J connectivity index is 1.71. The zero-order valence-corrected chi connectivity index (χ0v) is 23.4. The third kappa shape index (κ3) is 7.56. The molecule has 0 spiro atoms. The number of nitrogen functional groups attached to an aromatic ring is 1. The molecule has 11 N–H and O–H groups in total. The highest BCUT2D eigenvalue weighted by Crippen LogP contribution is 2.49. The van der Waals surface area contributed by atoms with Gasteiger partial charge in [0.25, 0.3) is 0 Å². The highest BCUT2D eigenvalue weighted by atomic mass is 31.2. The number of hydrogen-bond acceptors (Lipinski definition) is 16. The maximum absolute atomic E-state index is 11.9. The second-order valence-corrected chi connectivity index (χ2v) is 12.4. The minimum atomic E-state index is -5.51. The lowest BCUT2D eigenvalue weighted by molar-refractivity contribution is -0.313. The number of ether oxygens (including phenoxy) is 3. The van der Waals surface area contributed by atoms with Gasteiger partial charge < -0.3 is 64.6 Å². The number of phosphoric ester groups is 3. The highest BCUT2D eigenvalue weighted by Gasteiger charge is 2.56. The first-order chi connectivity index (χ1) is 19.4. The van der Waals surface area contributed by atoms with Crippen LogP contribution in [0.4, 0.5) is 5.82 Å². The standard InChI is InChI=1S/C16H26N5O18P3/c17-13-7-14(19-3-18-13)21(4-20-7)15-12(39-42(31,32)33)9(5(1-22)34-15)36-16-8(24)11(38-41(28,29)30)10(6(2-23)35-16)37-40(25,26)27/h3-6,8-12,15-16,22-24H,1-2H2,(H2,17,18,19)(H2,25,26,27)(H2,28,29,30)(H2,31,32,33)/t5-,6+,8+,9+,10+,11-,12-,15-,16-/m1/s1. The first-order valence-corrected chi connectivity index (χ1v) is 16.0. The fourth-order valence-electron chi connectivity index (χ4n) is 4.44. The van der Waals surface area contributed by atoms with E-state index in [0.29, 0.717) is 0 Å². The van der Waals surface area contributed by atoms with Crippen molar-refractivity contribution in [3.8, 4) is 0 Å². The monoisotopic (exact) mass is 669 g/mol. The third-order valence-corrected chi connectivity index (χ3v) is 7.54. The van der Waals surface area contributed by atoms with Gasteiger partial charge in [0.1, 0.15) is 54.6 Å². The molecular formula is C16H26N5O18P3. The molecule has 23 nitrogen and oxygen atoms in total. The zero-order valence-electron chi connectivity index (χ0n) is 20.7. The molecule has 2 fully saturated rings. The maximum Gasteiger partial charge on any atom is 0.470 e. The van der Waals surface area contributed by atoms with Gasteiger partial charge in [-0.3, -0.25) is 18.1 Å². The summed E-state index contributed by atoms with van der Waals surface area (Å²) in [5.41, 5.74) is 5.84. The van der Waals surface area contributed by atoms with Crippen molar-refractivity contribution >= 4 is 40.4 Å². The molecule has 2 aromatic heterocycles. The quantitative estimate of drug-likeness (QED) is 0.102. The van der Waals surface area contributed by atoms with Gasteiger partial charge in [0.15, 0.2) is 24.0 Å². The van der Waals surface area contributed by atoms with E-state index in [1.807, 2.05) is 0 Å². The number of rotatable bonds is 11. The molecule has 2 aliphatic rings. The Morgan fingerprint density at radius 3 is 1.93 bits per heavy atom. The van der Waals surface area contributed by atoms with Crippen LogP contribution in [0, 0.1) is 0 Å². The number of nitrogens with two attached hydrogens (primary N) is 1. The van der Waals surface area contributed by atoms with E-state index in [2.05, 4.69) is 24.0 Å². The molecule has 2 aromatic rings. The van der Waals surface area contributed by atoms with Gasteiger partial charge in [-0.1, -0.05) is 0 Å². The summed E-state index contributed by atoms with van der Waals surface area (Å²) >= 11 is 0. The molecule has 26 heteroatoms. The van der Waals surface area contributed by atoms with Gasteiger partial charge in [-0.15, -0.1) is 0 Å². The molecule has 0 unspecified atom stereocenters. The Morgan fingerprint density at radius 2 is 1.36 bits per heavy atom. The van der Waals surface area contributed by atoms with Gasteiger partial charge in [-0.25, -0.2) is 28.6 Å². The first-order valence-electron chi connectivity index (χ1n) is 11.4. The van der Waals surface area contributed by atoms with Gasteiger partial charge >= 0.3 is 23.5 Å². The van der Waals surface area contributed by atoms with E-state index >= 15 is 0 Å². The van der Waals surface area contributed by atoms with Gasteiger partial charge in [-0.2, -0.15) is 0 Å². The number of aromatic nitrogens is 4. The van der Waals surface area contributed by atoms with Crippen LogP contribution >= 0.6 is 23.5 Å². The Morgan fingerprint density at radius 1 is 0.810 bits per heavy atom. The van der Waals surface area contributed by atoms with Crippen molar-refractivity contribution in [1.29, 1.82) is 0 Å². The fourth-order valence-corrected chi connectivity index (χ4v) is 6.12. The smallest absolute Gasteiger partial charge is 0.394 e. The summed E-state index contributed by atoms with van der Waals surface area (Å²) in [6.45, 7) is -2.03. The molecule has 238 valence electrons. The number of hydrogen-bond donors (Lipinski definition) is 10. The molecule has 0 saturated carbocycles. The summed E-state index contributed by atoms with van der Waals surface area (Å²) in [6.07, 6.45) is -15.4. The lowest BCUT2D eigenvalue weighted by atomic mass is 9.99. The average Bonchev–Trinajstić information content (AvgIpc) is 3.42. The van der Waals surface area contributed by atoms with Gasteiger partial charge in [0.05, 0.1) is 19.5 Å². The largest absolute Gasteiger partial charge is 0.470 e. The Kier molecular flexibility index (Phi) is 9.88. The number of aliphatic hydroxyl groups is 3. The van der Waals surface area contributed by atoms with E-state index < -0.39 is 91.9 Å². The zero-order chi connectivity index (χ0) is 31.2. The SMILES string of the molecule is Nc1ncnc2c1ncn2[C@@H]1O[C@H](CO)[C@H](O[C@H]2O[C@@H](CO)[C@H](OP(=O)(O)O)[C@H](OP(=O)(O)O)[C@@H]2O)[C@H]1OP(=O)(O)O. The molecule has 0 aromatic carbocycles. The van der Waals surface area contributed by atoms with Crippen LogP contribution in [0.2, 0.25) is 0 Å². The molecule has 4 heterocycles. The van der Waals surface area contributed by atoms with E-state index in [-0.39, 0.29) is 17.0 Å². The Hall–Kier alpha value is -1.56. The van der Waals surface area contributed by atoms with Crippen molar-refractivity contribution < 1.29 is 86.2 Å². The van der Waals surface area contributed by atoms with Crippen molar-refractivity contribution in [3.05, 3.63) is 12.7 Å². The van der Waals surface area contributed by atoms with Gasteiger partial charge in [-0.05, 0) is 0 Å². The second kappa shape index (κ2) is 12.4. The second-order valence-electron chi connectivity index (χ2n) is 8.83. The highest BCUT2D eigenvalue weighted by molar-refractivity contribution is 7.46. The minimum Gasteiger partial charge on any atom is -0.394 e. The van der Waals surface area contributed by atoms with Crippen molar-refractivity contribution in [2.24, 2.45) is 0 Å². The number of anilines is 1. The number of nitrogens with zero attached hydrogens (tertiary/aromatic N) is 4. The maximum atomic E-state index is 11.9. The van der Waals surface area contributed by atoms with Crippen LogP contribution in [0.5, 0.6) is 0 Å². The molecule has 9 atom stereocenters. The Labute approximate surface area is 233 Å². The predicted octanol–water partition coefficient (Wildman–Crippen LogP) is -3.80. The third-order valence-electron chi connectivity index (χ3n) is 5.99. The molecular weight excluding hydrogens is 643 g/mol. The molecule has 0 aliphatic carbocycles. The molecule has 0 radical (unpaired) electrons.